The summed E-state index contributed by atoms with van der Waals surface area (Å²) < 4.78 is 0. The van der Waals surface area contributed by atoms with Crippen molar-refractivity contribution in [3.63, 3.8) is 0 Å². The topological polar surface area (TPSA) is 37.8 Å². The molecule has 2 aliphatic heterocycles. The minimum atomic E-state index is 0.606. The van der Waals surface area contributed by atoms with E-state index < -0.39 is 0 Å². The predicted octanol–water partition coefficient (Wildman–Crippen LogP) is 1.56. The highest BCUT2D eigenvalue weighted by atomic mass is 32.2. The van der Waals surface area contributed by atoms with Gasteiger partial charge in [-0.1, -0.05) is 0 Å². The Labute approximate surface area is 100 Å². The second-order valence-corrected chi connectivity index (χ2v) is 5.66. The number of aromatic nitrogens is 2. The van der Waals surface area contributed by atoms with Gasteiger partial charge in [0, 0.05) is 24.4 Å². The number of thioether (sulfide) groups is 1. The van der Waals surface area contributed by atoms with Crippen molar-refractivity contribution in [2.24, 2.45) is 0 Å². The number of rotatable bonds is 2. The van der Waals surface area contributed by atoms with Gasteiger partial charge in [0.15, 0.2) is 0 Å². The van der Waals surface area contributed by atoms with Gasteiger partial charge in [0.1, 0.15) is 5.82 Å². The second kappa shape index (κ2) is 4.72. The molecule has 1 atom stereocenters. The molecular weight excluding hydrogens is 218 g/mol. The molecule has 0 radical (unpaired) electrons. The fourth-order valence-corrected chi connectivity index (χ4v) is 3.37. The van der Waals surface area contributed by atoms with Crippen molar-refractivity contribution >= 4 is 11.8 Å². The largest absolute Gasteiger partial charge is 0.314 e. The number of hydrogen-bond acceptors (Lipinski definition) is 4. The summed E-state index contributed by atoms with van der Waals surface area (Å²) in [4.78, 5) is 9.20. The quantitative estimate of drug-likeness (QED) is 0.844. The third-order valence-electron chi connectivity index (χ3n) is 3.35. The van der Waals surface area contributed by atoms with E-state index in [1.807, 2.05) is 18.0 Å². The van der Waals surface area contributed by atoms with Crippen LogP contribution in [0.3, 0.4) is 0 Å². The molecule has 4 heteroatoms. The smallest absolute Gasteiger partial charge is 0.130 e. The van der Waals surface area contributed by atoms with E-state index in [-0.39, 0.29) is 0 Å². The van der Waals surface area contributed by atoms with Crippen molar-refractivity contribution < 1.29 is 0 Å². The highest BCUT2D eigenvalue weighted by Crippen LogP contribution is 2.22. The van der Waals surface area contributed by atoms with E-state index in [9.17, 15) is 0 Å². The van der Waals surface area contributed by atoms with Crippen molar-refractivity contribution in [2.75, 3.05) is 12.3 Å². The van der Waals surface area contributed by atoms with E-state index in [1.54, 1.807) is 0 Å². The van der Waals surface area contributed by atoms with Gasteiger partial charge in [0.25, 0.3) is 0 Å². The lowest BCUT2D eigenvalue weighted by molar-refractivity contribution is 0.583. The third-order valence-corrected chi connectivity index (χ3v) is 4.32. The Morgan fingerprint density at radius 3 is 3.38 bits per heavy atom. The zero-order chi connectivity index (χ0) is 10.8. The predicted molar refractivity (Wildman–Crippen MR) is 66.6 cm³/mol. The Balaban J connectivity index is 1.74. The molecule has 0 aromatic carbocycles. The molecule has 1 aromatic heterocycles. The molecule has 1 aromatic rings. The number of nitrogens with one attached hydrogen (secondary N) is 1. The monoisotopic (exact) mass is 235 g/mol. The molecule has 3 nitrogen and oxygen atoms in total. The maximum Gasteiger partial charge on any atom is 0.130 e. The molecule has 0 amide bonds. The Kier molecular flexibility index (Phi) is 3.11. The SMILES string of the molecule is c1nc(CC2CCCN2)nc2c1CCSC2. The fourth-order valence-electron chi connectivity index (χ4n) is 2.42. The van der Waals surface area contributed by atoms with Crippen molar-refractivity contribution in [3.8, 4) is 0 Å². The molecule has 1 saturated heterocycles. The molecule has 0 aliphatic carbocycles. The van der Waals surface area contributed by atoms with Crippen LogP contribution in [0.2, 0.25) is 0 Å². The first-order valence-electron chi connectivity index (χ1n) is 6.06. The van der Waals surface area contributed by atoms with Gasteiger partial charge in [-0.3, -0.25) is 0 Å². The molecule has 86 valence electrons. The van der Waals surface area contributed by atoms with Crippen LogP contribution in [0.15, 0.2) is 6.20 Å². The van der Waals surface area contributed by atoms with Crippen LogP contribution in [0, 0.1) is 0 Å². The highest BCUT2D eigenvalue weighted by molar-refractivity contribution is 7.98. The molecule has 0 spiro atoms. The summed E-state index contributed by atoms with van der Waals surface area (Å²) in [7, 11) is 0. The molecule has 0 bridgehead atoms. The zero-order valence-corrected chi connectivity index (χ0v) is 10.2. The van der Waals surface area contributed by atoms with Gasteiger partial charge < -0.3 is 5.32 Å². The Bertz CT molecular complexity index is 375. The maximum absolute atomic E-state index is 4.70. The second-order valence-electron chi connectivity index (χ2n) is 4.56. The summed E-state index contributed by atoms with van der Waals surface area (Å²) in [6, 6.07) is 0.606. The van der Waals surface area contributed by atoms with Crippen molar-refractivity contribution in [3.05, 3.63) is 23.3 Å². The zero-order valence-electron chi connectivity index (χ0n) is 9.41. The van der Waals surface area contributed by atoms with E-state index in [0.29, 0.717) is 6.04 Å². The third kappa shape index (κ3) is 2.23. The Hall–Kier alpha value is -0.610. The lowest BCUT2D eigenvalue weighted by Gasteiger charge is -2.15. The highest BCUT2D eigenvalue weighted by Gasteiger charge is 2.17. The number of aryl methyl sites for hydroxylation is 1. The molecule has 2 aliphatic rings. The van der Waals surface area contributed by atoms with Gasteiger partial charge >= 0.3 is 0 Å². The van der Waals surface area contributed by atoms with Crippen LogP contribution >= 0.6 is 11.8 Å². The van der Waals surface area contributed by atoms with Gasteiger partial charge in [-0.05, 0) is 37.1 Å². The first-order valence-corrected chi connectivity index (χ1v) is 7.22. The van der Waals surface area contributed by atoms with Crippen molar-refractivity contribution in [2.45, 2.75) is 37.5 Å². The number of fused-ring (bicyclic) bond motifs is 1. The minimum Gasteiger partial charge on any atom is -0.314 e. The van der Waals surface area contributed by atoms with Crippen LogP contribution in [0.4, 0.5) is 0 Å². The van der Waals surface area contributed by atoms with Gasteiger partial charge in [-0.15, -0.1) is 0 Å². The van der Waals surface area contributed by atoms with Crippen molar-refractivity contribution in [1.82, 2.24) is 15.3 Å². The van der Waals surface area contributed by atoms with Crippen LogP contribution in [0.1, 0.15) is 29.9 Å². The molecule has 3 heterocycles. The summed E-state index contributed by atoms with van der Waals surface area (Å²) in [6.07, 6.45) is 6.76. The molecule has 1 fully saturated rings. The van der Waals surface area contributed by atoms with Crippen LogP contribution < -0.4 is 5.32 Å². The molecule has 1 unspecified atom stereocenters. The normalized spacial score (nSPS) is 24.4. The standard InChI is InChI=1S/C12H17N3S/c1-2-10(13-4-1)6-12-14-7-9-3-5-16-8-11(9)15-12/h7,10,13H,1-6,8H2. The van der Waals surface area contributed by atoms with E-state index in [0.717, 1.165) is 31.0 Å². The van der Waals surface area contributed by atoms with Crippen LogP contribution in [-0.2, 0) is 18.6 Å². The van der Waals surface area contributed by atoms with E-state index in [2.05, 4.69) is 10.3 Å². The summed E-state index contributed by atoms with van der Waals surface area (Å²) in [5.74, 6) is 3.32. The minimum absolute atomic E-state index is 0.606. The lowest BCUT2D eigenvalue weighted by atomic mass is 10.1. The van der Waals surface area contributed by atoms with Crippen LogP contribution in [0.5, 0.6) is 0 Å². The Morgan fingerprint density at radius 1 is 1.50 bits per heavy atom. The number of nitrogens with zero attached hydrogens (tertiary/aromatic N) is 2. The summed E-state index contributed by atoms with van der Waals surface area (Å²) in [5, 5.41) is 3.50. The van der Waals surface area contributed by atoms with E-state index in [1.165, 1.54) is 29.9 Å². The molecular formula is C12H17N3S. The first kappa shape index (κ1) is 10.5. The lowest BCUT2D eigenvalue weighted by Crippen LogP contribution is -2.25. The van der Waals surface area contributed by atoms with Gasteiger partial charge in [-0.2, -0.15) is 11.8 Å². The summed E-state index contributed by atoms with van der Waals surface area (Å²) in [6.45, 7) is 1.16. The Morgan fingerprint density at radius 2 is 2.50 bits per heavy atom. The van der Waals surface area contributed by atoms with Crippen LogP contribution in [-0.4, -0.2) is 28.3 Å². The molecule has 16 heavy (non-hydrogen) atoms. The van der Waals surface area contributed by atoms with E-state index >= 15 is 0 Å². The summed E-state index contributed by atoms with van der Waals surface area (Å²) >= 11 is 1.98. The molecule has 1 N–H and O–H groups in total. The van der Waals surface area contributed by atoms with Gasteiger partial charge in [-0.25, -0.2) is 9.97 Å². The first-order chi connectivity index (χ1) is 7.92. The molecule has 0 saturated carbocycles. The van der Waals surface area contributed by atoms with Gasteiger partial charge in [0.2, 0.25) is 0 Å². The number of hydrogen-bond donors (Lipinski definition) is 1. The van der Waals surface area contributed by atoms with Crippen LogP contribution in [0.25, 0.3) is 0 Å². The maximum atomic E-state index is 4.70. The fraction of sp³-hybridized carbons (Fsp3) is 0.667. The molecule has 3 rings (SSSR count). The van der Waals surface area contributed by atoms with E-state index in [4.69, 9.17) is 4.98 Å². The van der Waals surface area contributed by atoms with Gasteiger partial charge in [0.05, 0.1) is 5.69 Å². The average molecular weight is 235 g/mol. The average Bonchev–Trinajstić information content (AvgIpc) is 2.82. The van der Waals surface area contributed by atoms with Crippen molar-refractivity contribution in [1.29, 1.82) is 0 Å². The summed E-state index contributed by atoms with van der Waals surface area (Å²) in [5.41, 5.74) is 2.64.